The van der Waals surface area contributed by atoms with E-state index >= 15 is 0 Å². The maximum absolute atomic E-state index is 6.16. The highest BCUT2D eigenvalue weighted by Crippen LogP contribution is 2.28. The van der Waals surface area contributed by atoms with Crippen LogP contribution in [0.5, 0.6) is 0 Å². The molecular weight excluding hydrogens is 330 g/mol. The number of anilines is 1. The SMILES string of the molecule is CCN(CCCCc1c[nH]c2ccccc12)C1CCc2c(N)cccc2C1. The van der Waals surface area contributed by atoms with Gasteiger partial charge in [-0.05, 0) is 80.4 Å². The van der Waals surface area contributed by atoms with Crippen LogP contribution in [-0.2, 0) is 19.3 Å². The highest BCUT2D eigenvalue weighted by Gasteiger charge is 2.24. The molecule has 2 aromatic carbocycles. The van der Waals surface area contributed by atoms with Crippen molar-refractivity contribution in [2.75, 3.05) is 18.8 Å². The van der Waals surface area contributed by atoms with Gasteiger partial charge in [0, 0.05) is 28.8 Å². The molecule has 0 bridgehead atoms. The Morgan fingerprint density at radius 1 is 1.11 bits per heavy atom. The van der Waals surface area contributed by atoms with Gasteiger partial charge < -0.3 is 15.6 Å². The minimum absolute atomic E-state index is 0.664. The number of nitrogen functional groups attached to an aromatic ring is 1. The van der Waals surface area contributed by atoms with Gasteiger partial charge in [0.2, 0.25) is 0 Å². The lowest BCUT2D eigenvalue weighted by atomic mass is 9.86. The van der Waals surface area contributed by atoms with Crippen molar-refractivity contribution in [3.05, 3.63) is 65.4 Å². The zero-order chi connectivity index (χ0) is 18.6. The molecule has 0 radical (unpaired) electrons. The molecule has 0 amide bonds. The largest absolute Gasteiger partial charge is 0.398 e. The number of rotatable bonds is 7. The van der Waals surface area contributed by atoms with Gasteiger partial charge >= 0.3 is 0 Å². The molecule has 1 unspecified atom stereocenters. The number of aryl methyl sites for hydroxylation is 1. The van der Waals surface area contributed by atoms with E-state index in [1.807, 2.05) is 6.07 Å². The Morgan fingerprint density at radius 2 is 2.00 bits per heavy atom. The van der Waals surface area contributed by atoms with Crippen molar-refractivity contribution < 1.29 is 0 Å². The van der Waals surface area contributed by atoms with Crippen LogP contribution in [0.25, 0.3) is 10.9 Å². The van der Waals surface area contributed by atoms with E-state index in [2.05, 4.69) is 59.4 Å². The predicted molar refractivity (Wildman–Crippen MR) is 115 cm³/mol. The summed E-state index contributed by atoms with van der Waals surface area (Å²) in [6.07, 6.45) is 9.35. The van der Waals surface area contributed by atoms with Gasteiger partial charge in [-0.25, -0.2) is 0 Å². The monoisotopic (exact) mass is 361 g/mol. The molecule has 3 N–H and O–H groups in total. The summed E-state index contributed by atoms with van der Waals surface area (Å²) in [6, 6.07) is 15.7. The number of para-hydroxylation sites is 1. The number of hydrogen-bond acceptors (Lipinski definition) is 2. The molecule has 0 fully saturated rings. The average Bonchev–Trinajstić information content (AvgIpc) is 3.11. The fourth-order valence-corrected chi connectivity index (χ4v) is 4.70. The second-order valence-corrected chi connectivity index (χ2v) is 7.83. The first kappa shape index (κ1) is 18.1. The van der Waals surface area contributed by atoms with Gasteiger partial charge in [-0.15, -0.1) is 0 Å². The number of likely N-dealkylation sites (N-methyl/N-ethyl adjacent to an activating group) is 1. The molecule has 1 atom stereocenters. The summed E-state index contributed by atoms with van der Waals surface area (Å²) in [7, 11) is 0. The molecular formula is C24H31N3. The number of hydrogen-bond donors (Lipinski definition) is 2. The summed E-state index contributed by atoms with van der Waals surface area (Å²) >= 11 is 0. The quantitative estimate of drug-likeness (QED) is 0.462. The molecule has 0 spiro atoms. The van der Waals surface area contributed by atoms with Crippen LogP contribution in [0.2, 0.25) is 0 Å². The molecule has 3 aromatic rings. The molecule has 0 saturated heterocycles. The molecule has 3 nitrogen and oxygen atoms in total. The van der Waals surface area contributed by atoms with E-state index in [0.717, 1.165) is 31.5 Å². The number of aromatic amines is 1. The molecule has 27 heavy (non-hydrogen) atoms. The number of nitrogens with zero attached hydrogens (tertiary/aromatic N) is 1. The van der Waals surface area contributed by atoms with Crippen LogP contribution < -0.4 is 5.73 Å². The van der Waals surface area contributed by atoms with Crippen LogP contribution in [0.3, 0.4) is 0 Å². The van der Waals surface area contributed by atoms with Gasteiger partial charge in [0.25, 0.3) is 0 Å². The van der Waals surface area contributed by atoms with Gasteiger partial charge in [-0.2, -0.15) is 0 Å². The maximum Gasteiger partial charge on any atom is 0.0456 e. The number of aromatic nitrogens is 1. The summed E-state index contributed by atoms with van der Waals surface area (Å²) in [5.74, 6) is 0. The molecule has 0 saturated carbocycles. The third-order valence-electron chi connectivity index (χ3n) is 6.23. The average molecular weight is 362 g/mol. The Kier molecular flexibility index (Phi) is 5.49. The fraction of sp³-hybridized carbons (Fsp3) is 0.417. The Bertz CT molecular complexity index is 896. The van der Waals surface area contributed by atoms with Crippen molar-refractivity contribution in [3.63, 3.8) is 0 Å². The Hall–Kier alpha value is -2.26. The minimum Gasteiger partial charge on any atom is -0.398 e. The van der Waals surface area contributed by atoms with Crippen molar-refractivity contribution in [2.45, 2.75) is 51.5 Å². The fourth-order valence-electron chi connectivity index (χ4n) is 4.70. The Balaban J connectivity index is 1.31. The first-order valence-electron chi connectivity index (χ1n) is 10.4. The maximum atomic E-state index is 6.16. The molecule has 3 heteroatoms. The Morgan fingerprint density at radius 3 is 2.89 bits per heavy atom. The van der Waals surface area contributed by atoms with Gasteiger partial charge in [-0.1, -0.05) is 37.3 Å². The zero-order valence-electron chi connectivity index (χ0n) is 16.4. The van der Waals surface area contributed by atoms with Crippen molar-refractivity contribution in [3.8, 4) is 0 Å². The number of H-pyrrole nitrogens is 1. The van der Waals surface area contributed by atoms with Crippen LogP contribution in [-0.4, -0.2) is 29.0 Å². The van der Waals surface area contributed by atoms with E-state index in [1.165, 1.54) is 53.4 Å². The normalized spacial score (nSPS) is 16.7. The van der Waals surface area contributed by atoms with Crippen molar-refractivity contribution in [2.24, 2.45) is 0 Å². The van der Waals surface area contributed by atoms with E-state index in [0.29, 0.717) is 6.04 Å². The summed E-state index contributed by atoms with van der Waals surface area (Å²) in [5, 5.41) is 1.38. The third-order valence-corrected chi connectivity index (χ3v) is 6.23. The minimum atomic E-state index is 0.664. The van der Waals surface area contributed by atoms with Gasteiger partial charge in [-0.3, -0.25) is 0 Å². The lowest BCUT2D eigenvalue weighted by molar-refractivity contribution is 0.185. The summed E-state index contributed by atoms with van der Waals surface area (Å²) in [4.78, 5) is 6.08. The standard InChI is InChI=1S/C24H31N3/c1-2-27(20-13-14-21-18(16-20)9-7-11-23(21)25)15-6-5-8-19-17-26-24-12-4-3-10-22(19)24/h3-4,7,9-12,17,20,26H,2,5-6,8,13-16,25H2,1H3. The van der Waals surface area contributed by atoms with E-state index in [-0.39, 0.29) is 0 Å². The van der Waals surface area contributed by atoms with E-state index in [4.69, 9.17) is 5.73 Å². The molecule has 1 aromatic heterocycles. The predicted octanol–water partition coefficient (Wildman–Crippen LogP) is 4.95. The summed E-state index contributed by atoms with van der Waals surface area (Å²) in [5.41, 5.74) is 12.7. The Labute approximate surface area is 162 Å². The number of nitrogens with two attached hydrogens (primary N) is 1. The number of unbranched alkanes of at least 4 members (excludes halogenated alkanes) is 1. The molecule has 142 valence electrons. The smallest absolute Gasteiger partial charge is 0.0456 e. The van der Waals surface area contributed by atoms with E-state index in [1.54, 1.807) is 0 Å². The third kappa shape index (κ3) is 3.89. The zero-order valence-corrected chi connectivity index (χ0v) is 16.4. The highest BCUT2D eigenvalue weighted by molar-refractivity contribution is 5.82. The lowest BCUT2D eigenvalue weighted by Crippen LogP contribution is -2.40. The van der Waals surface area contributed by atoms with Crippen LogP contribution in [0, 0.1) is 0 Å². The van der Waals surface area contributed by atoms with Crippen molar-refractivity contribution in [1.29, 1.82) is 0 Å². The molecule has 4 rings (SSSR count). The first-order chi connectivity index (χ1) is 13.3. The van der Waals surface area contributed by atoms with Gasteiger partial charge in [0.05, 0.1) is 0 Å². The van der Waals surface area contributed by atoms with E-state index < -0.39 is 0 Å². The van der Waals surface area contributed by atoms with Crippen LogP contribution in [0.15, 0.2) is 48.7 Å². The summed E-state index contributed by atoms with van der Waals surface area (Å²) < 4.78 is 0. The topological polar surface area (TPSA) is 45.0 Å². The lowest BCUT2D eigenvalue weighted by Gasteiger charge is -2.35. The second-order valence-electron chi connectivity index (χ2n) is 7.83. The van der Waals surface area contributed by atoms with Crippen LogP contribution >= 0.6 is 0 Å². The highest BCUT2D eigenvalue weighted by atomic mass is 15.1. The van der Waals surface area contributed by atoms with E-state index in [9.17, 15) is 0 Å². The van der Waals surface area contributed by atoms with Crippen molar-refractivity contribution >= 4 is 16.6 Å². The molecule has 1 aliphatic rings. The molecule has 1 heterocycles. The van der Waals surface area contributed by atoms with Crippen molar-refractivity contribution in [1.82, 2.24) is 9.88 Å². The molecule has 0 aliphatic heterocycles. The summed E-state index contributed by atoms with van der Waals surface area (Å²) in [6.45, 7) is 4.63. The number of benzene rings is 2. The number of nitrogens with one attached hydrogen (secondary N) is 1. The van der Waals surface area contributed by atoms with Gasteiger partial charge in [0.15, 0.2) is 0 Å². The van der Waals surface area contributed by atoms with Crippen LogP contribution in [0.1, 0.15) is 42.9 Å². The molecule has 1 aliphatic carbocycles. The van der Waals surface area contributed by atoms with Gasteiger partial charge in [0.1, 0.15) is 0 Å². The first-order valence-corrected chi connectivity index (χ1v) is 10.4. The number of fused-ring (bicyclic) bond motifs is 2. The second kappa shape index (κ2) is 8.18. The van der Waals surface area contributed by atoms with Crippen LogP contribution in [0.4, 0.5) is 5.69 Å².